The third-order valence-electron chi connectivity index (χ3n) is 4.25. The fraction of sp³-hybridized carbons (Fsp3) is 0.571. The third kappa shape index (κ3) is 2.09. The van der Waals surface area contributed by atoms with Gasteiger partial charge in [-0.2, -0.15) is 0 Å². The van der Waals surface area contributed by atoms with Crippen molar-refractivity contribution >= 4 is 0 Å². The number of aliphatic hydroxyl groups excluding tert-OH is 1. The lowest BCUT2D eigenvalue weighted by Crippen LogP contribution is -2.24. The summed E-state index contributed by atoms with van der Waals surface area (Å²) in [6.07, 6.45) is 1.94. The number of aliphatic hydroxyl groups is 1. The van der Waals surface area contributed by atoms with Crippen molar-refractivity contribution < 1.29 is 9.50 Å². The van der Waals surface area contributed by atoms with Gasteiger partial charge in [0.15, 0.2) is 0 Å². The van der Waals surface area contributed by atoms with E-state index >= 15 is 0 Å². The Morgan fingerprint density at radius 3 is 2.82 bits per heavy atom. The first-order chi connectivity index (χ1) is 8.24. The van der Waals surface area contributed by atoms with E-state index in [2.05, 4.69) is 4.90 Å². The van der Waals surface area contributed by atoms with Crippen molar-refractivity contribution in [3.8, 4) is 0 Å². The van der Waals surface area contributed by atoms with Gasteiger partial charge in [-0.15, -0.1) is 0 Å². The summed E-state index contributed by atoms with van der Waals surface area (Å²) in [5.41, 5.74) is 0.766. The first kappa shape index (κ1) is 11.2. The van der Waals surface area contributed by atoms with Gasteiger partial charge in [-0.05, 0) is 24.8 Å². The molecule has 2 nitrogen and oxygen atoms in total. The van der Waals surface area contributed by atoms with Gasteiger partial charge in [0.1, 0.15) is 5.82 Å². The van der Waals surface area contributed by atoms with Crippen LogP contribution < -0.4 is 0 Å². The van der Waals surface area contributed by atoms with Crippen LogP contribution in [0.1, 0.15) is 18.4 Å². The molecule has 1 saturated carbocycles. The van der Waals surface area contributed by atoms with E-state index in [1.165, 1.54) is 6.07 Å². The van der Waals surface area contributed by atoms with Crippen molar-refractivity contribution in [2.75, 3.05) is 13.1 Å². The summed E-state index contributed by atoms with van der Waals surface area (Å²) >= 11 is 0. The summed E-state index contributed by atoms with van der Waals surface area (Å²) in [4.78, 5) is 2.27. The number of halogens is 1. The van der Waals surface area contributed by atoms with Gasteiger partial charge in [0.25, 0.3) is 0 Å². The highest BCUT2D eigenvalue weighted by atomic mass is 19.1. The van der Waals surface area contributed by atoms with Crippen molar-refractivity contribution in [1.29, 1.82) is 0 Å². The molecule has 17 heavy (non-hydrogen) atoms. The van der Waals surface area contributed by atoms with Crippen LogP contribution in [-0.2, 0) is 6.54 Å². The molecule has 3 atom stereocenters. The average Bonchev–Trinajstić information content (AvgIpc) is 2.85. The number of rotatable bonds is 2. The minimum Gasteiger partial charge on any atom is -0.393 e. The van der Waals surface area contributed by atoms with Crippen LogP contribution in [0.15, 0.2) is 24.3 Å². The zero-order valence-corrected chi connectivity index (χ0v) is 9.85. The molecule has 3 rings (SSSR count). The summed E-state index contributed by atoms with van der Waals surface area (Å²) < 4.78 is 13.5. The van der Waals surface area contributed by atoms with E-state index < -0.39 is 0 Å². The number of nitrogens with zero attached hydrogens (tertiary/aromatic N) is 1. The molecule has 2 aliphatic rings. The van der Waals surface area contributed by atoms with Crippen molar-refractivity contribution in [3.05, 3.63) is 35.6 Å². The van der Waals surface area contributed by atoms with Crippen molar-refractivity contribution in [1.82, 2.24) is 4.90 Å². The predicted molar refractivity (Wildman–Crippen MR) is 63.9 cm³/mol. The second kappa shape index (κ2) is 4.39. The number of benzene rings is 1. The second-order valence-electron chi connectivity index (χ2n) is 5.35. The molecule has 1 saturated heterocycles. The van der Waals surface area contributed by atoms with Crippen LogP contribution in [0.4, 0.5) is 4.39 Å². The largest absolute Gasteiger partial charge is 0.393 e. The molecule has 1 aliphatic heterocycles. The predicted octanol–water partition coefficient (Wildman–Crippen LogP) is 2.03. The standard InChI is InChI=1S/C14H18FNO/c15-13-4-2-1-3-11(13)8-16-7-10-5-6-14(17)12(10)9-16/h1-4,10,12,14,17H,5-9H2. The van der Waals surface area contributed by atoms with Crippen LogP contribution in [0, 0.1) is 17.7 Å². The van der Waals surface area contributed by atoms with Crippen LogP contribution >= 0.6 is 0 Å². The summed E-state index contributed by atoms with van der Waals surface area (Å²) in [5, 5.41) is 9.84. The number of fused-ring (bicyclic) bond motifs is 1. The fourth-order valence-corrected chi connectivity index (χ4v) is 3.33. The highest BCUT2D eigenvalue weighted by Crippen LogP contribution is 2.38. The molecular formula is C14H18FNO. The van der Waals surface area contributed by atoms with E-state index in [0.717, 1.165) is 31.5 Å². The van der Waals surface area contributed by atoms with E-state index in [4.69, 9.17) is 0 Å². The molecule has 1 aliphatic carbocycles. The van der Waals surface area contributed by atoms with Gasteiger partial charge in [-0.25, -0.2) is 4.39 Å². The lowest BCUT2D eigenvalue weighted by atomic mass is 10.00. The lowest BCUT2D eigenvalue weighted by molar-refractivity contribution is 0.123. The third-order valence-corrected chi connectivity index (χ3v) is 4.25. The molecule has 0 spiro atoms. The van der Waals surface area contributed by atoms with E-state index in [0.29, 0.717) is 18.4 Å². The Labute approximate surface area is 101 Å². The molecule has 0 aromatic heterocycles. The normalized spacial score (nSPS) is 32.9. The fourth-order valence-electron chi connectivity index (χ4n) is 3.33. The van der Waals surface area contributed by atoms with Crippen LogP contribution in [0.5, 0.6) is 0 Å². The van der Waals surface area contributed by atoms with Crippen LogP contribution in [-0.4, -0.2) is 29.2 Å². The quantitative estimate of drug-likeness (QED) is 0.848. The number of hydrogen-bond acceptors (Lipinski definition) is 2. The maximum Gasteiger partial charge on any atom is 0.127 e. The van der Waals surface area contributed by atoms with Crippen molar-refractivity contribution in [2.24, 2.45) is 11.8 Å². The van der Waals surface area contributed by atoms with Gasteiger partial charge in [0.05, 0.1) is 6.10 Å². The Kier molecular flexibility index (Phi) is 2.89. The molecule has 1 aromatic carbocycles. The van der Waals surface area contributed by atoms with Gasteiger partial charge in [0.2, 0.25) is 0 Å². The average molecular weight is 235 g/mol. The molecule has 92 valence electrons. The Morgan fingerprint density at radius 1 is 1.24 bits per heavy atom. The number of hydrogen-bond donors (Lipinski definition) is 1. The SMILES string of the molecule is OC1CCC2CN(Cc3ccccc3F)CC12. The molecule has 3 unspecified atom stereocenters. The van der Waals surface area contributed by atoms with Crippen LogP contribution in [0.25, 0.3) is 0 Å². The van der Waals surface area contributed by atoms with Crippen LogP contribution in [0.3, 0.4) is 0 Å². The topological polar surface area (TPSA) is 23.5 Å². The van der Waals surface area contributed by atoms with Crippen LogP contribution in [0.2, 0.25) is 0 Å². The molecule has 2 fully saturated rings. The first-order valence-corrected chi connectivity index (χ1v) is 6.38. The summed E-state index contributed by atoms with van der Waals surface area (Å²) in [6.45, 7) is 2.60. The summed E-state index contributed by atoms with van der Waals surface area (Å²) in [5.74, 6) is 0.920. The minimum atomic E-state index is -0.134. The Hall–Kier alpha value is -0.930. The second-order valence-corrected chi connectivity index (χ2v) is 5.35. The Morgan fingerprint density at radius 2 is 2.06 bits per heavy atom. The molecule has 1 N–H and O–H groups in total. The maximum atomic E-state index is 13.5. The lowest BCUT2D eigenvalue weighted by Gasteiger charge is -2.18. The zero-order chi connectivity index (χ0) is 11.8. The number of likely N-dealkylation sites (tertiary alicyclic amines) is 1. The van der Waals surface area contributed by atoms with Gasteiger partial charge < -0.3 is 5.11 Å². The van der Waals surface area contributed by atoms with E-state index in [9.17, 15) is 9.50 Å². The van der Waals surface area contributed by atoms with Gasteiger partial charge in [-0.1, -0.05) is 18.2 Å². The zero-order valence-electron chi connectivity index (χ0n) is 9.85. The van der Waals surface area contributed by atoms with Gasteiger partial charge >= 0.3 is 0 Å². The first-order valence-electron chi connectivity index (χ1n) is 6.38. The highest BCUT2D eigenvalue weighted by molar-refractivity contribution is 5.17. The van der Waals surface area contributed by atoms with Crippen molar-refractivity contribution in [2.45, 2.75) is 25.5 Å². The molecule has 1 aromatic rings. The molecule has 3 heteroatoms. The molecule has 1 heterocycles. The Balaban J connectivity index is 1.67. The highest BCUT2D eigenvalue weighted by Gasteiger charge is 2.41. The Bertz CT molecular complexity index is 409. The molecule has 0 radical (unpaired) electrons. The molecule has 0 bridgehead atoms. The van der Waals surface area contributed by atoms with E-state index in [1.807, 2.05) is 12.1 Å². The summed E-state index contributed by atoms with van der Waals surface area (Å²) in [6, 6.07) is 6.96. The monoisotopic (exact) mass is 235 g/mol. The van der Waals surface area contributed by atoms with Crippen molar-refractivity contribution in [3.63, 3.8) is 0 Å². The minimum absolute atomic E-state index is 0.120. The van der Waals surface area contributed by atoms with Gasteiger partial charge in [-0.3, -0.25) is 4.90 Å². The molecular weight excluding hydrogens is 217 g/mol. The smallest absolute Gasteiger partial charge is 0.127 e. The van der Waals surface area contributed by atoms with Gasteiger partial charge in [0, 0.05) is 31.1 Å². The summed E-state index contributed by atoms with van der Waals surface area (Å²) in [7, 11) is 0. The molecule has 0 amide bonds. The maximum absolute atomic E-state index is 13.5. The van der Waals surface area contributed by atoms with E-state index in [-0.39, 0.29) is 11.9 Å². The van der Waals surface area contributed by atoms with E-state index in [1.54, 1.807) is 6.07 Å².